The molecule has 0 aliphatic heterocycles. The normalized spacial score (nSPS) is 12.5. The van der Waals surface area contributed by atoms with Crippen molar-refractivity contribution >= 4 is 43.2 Å². The monoisotopic (exact) mass is 380 g/mol. The smallest absolute Gasteiger partial charge is 0.285 e. The third-order valence-electron chi connectivity index (χ3n) is 3.20. The molecule has 0 saturated carbocycles. The first-order valence-electron chi connectivity index (χ1n) is 6.69. The van der Waals surface area contributed by atoms with Crippen molar-refractivity contribution in [3.63, 3.8) is 0 Å². The van der Waals surface area contributed by atoms with E-state index in [1.54, 1.807) is 10.6 Å². The number of halogens is 2. The molecule has 2 aromatic carbocycles. The van der Waals surface area contributed by atoms with E-state index in [4.69, 9.17) is 18.0 Å². The minimum Gasteiger partial charge on any atom is -0.304 e. The maximum atomic E-state index is 13.4. The first kappa shape index (κ1) is 16.7. The molecule has 1 aromatic heterocycles. The lowest BCUT2D eigenvalue weighted by Gasteiger charge is -2.01. The average molecular weight is 381 g/mol. The highest BCUT2D eigenvalue weighted by Gasteiger charge is 2.14. The van der Waals surface area contributed by atoms with Crippen molar-refractivity contribution < 1.29 is 12.8 Å². The van der Waals surface area contributed by atoms with Crippen molar-refractivity contribution in [2.75, 3.05) is 0 Å². The first-order chi connectivity index (χ1) is 11.4. The molecule has 0 bridgehead atoms. The second-order valence-corrected chi connectivity index (χ2v) is 7.86. The lowest BCUT2D eigenvalue weighted by molar-refractivity contribution is 0.596. The molecule has 3 rings (SSSR count). The molecule has 0 unspecified atom stereocenters. The molecule has 4 nitrogen and oxygen atoms in total. The standard InChI is InChI=1S/C16H10ClFN2O2S2/c1-2-9-20-14-8-5-12(18)10-15(14)23-16(20)19-24(21,22)13-6-3-11(17)4-7-13/h1,3-8,10H,9H2/b19-16-. The minimum absolute atomic E-state index is 0.0165. The second kappa shape index (κ2) is 6.40. The second-order valence-electron chi connectivity index (χ2n) is 4.81. The molecule has 0 aliphatic rings. The molecule has 3 aromatic rings. The summed E-state index contributed by atoms with van der Waals surface area (Å²) >= 11 is 6.83. The molecule has 8 heteroatoms. The van der Waals surface area contributed by atoms with Gasteiger partial charge in [0.25, 0.3) is 10.0 Å². The Labute approximate surface area is 146 Å². The van der Waals surface area contributed by atoms with Gasteiger partial charge in [-0.1, -0.05) is 28.9 Å². The van der Waals surface area contributed by atoms with Gasteiger partial charge < -0.3 is 4.57 Å². The van der Waals surface area contributed by atoms with Crippen LogP contribution in [0.15, 0.2) is 51.8 Å². The number of sulfonamides is 1. The van der Waals surface area contributed by atoms with E-state index < -0.39 is 15.8 Å². The van der Waals surface area contributed by atoms with Crippen LogP contribution < -0.4 is 4.80 Å². The predicted octanol–water partition coefficient (Wildman–Crippen LogP) is 3.42. The Balaban J connectivity index is 2.24. The Morgan fingerprint density at radius 2 is 1.96 bits per heavy atom. The van der Waals surface area contributed by atoms with Gasteiger partial charge >= 0.3 is 0 Å². The summed E-state index contributed by atoms with van der Waals surface area (Å²) in [5, 5.41) is 0.425. The van der Waals surface area contributed by atoms with E-state index in [9.17, 15) is 12.8 Å². The van der Waals surface area contributed by atoms with Crippen LogP contribution in [0.25, 0.3) is 10.2 Å². The van der Waals surface area contributed by atoms with Crippen LogP contribution in [0.3, 0.4) is 0 Å². The fourth-order valence-corrected chi connectivity index (χ4v) is 4.51. The summed E-state index contributed by atoms with van der Waals surface area (Å²) < 4.78 is 44.3. The SMILES string of the molecule is C#CCn1/c(=N/S(=O)(=O)c2ccc(Cl)cc2)sc2cc(F)ccc21. The van der Waals surface area contributed by atoms with Gasteiger partial charge in [0, 0.05) is 5.02 Å². The molecular weight excluding hydrogens is 371 g/mol. The Bertz CT molecular complexity index is 1120. The van der Waals surface area contributed by atoms with E-state index in [1.807, 2.05) is 0 Å². The highest BCUT2D eigenvalue weighted by atomic mass is 35.5. The lowest BCUT2D eigenvalue weighted by atomic mass is 10.3. The topological polar surface area (TPSA) is 51.4 Å². The third kappa shape index (κ3) is 3.22. The van der Waals surface area contributed by atoms with Gasteiger partial charge in [-0.25, -0.2) is 4.39 Å². The summed E-state index contributed by atoms with van der Waals surface area (Å²) in [6.45, 7) is 0.126. The Morgan fingerprint density at radius 3 is 2.62 bits per heavy atom. The quantitative estimate of drug-likeness (QED) is 0.654. The summed E-state index contributed by atoms with van der Waals surface area (Å²) in [6, 6.07) is 9.85. The highest BCUT2D eigenvalue weighted by molar-refractivity contribution is 7.90. The van der Waals surface area contributed by atoms with Gasteiger partial charge in [-0.15, -0.1) is 10.8 Å². The maximum Gasteiger partial charge on any atom is 0.285 e. The van der Waals surface area contributed by atoms with Gasteiger partial charge in [0.1, 0.15) is 5.82 Å². The molecule has 0 aliphatic carbocycles. The van der Waals surface area contributed by atoms with Crippen molar-refractivity contribution in [3.05, 3.63) is 58.1 Å². The van der Waals surface area contributed by atoms with Gasteiger partial charge in [-0.3, -0.25) is 0 Å². The van der Waals surface area contributed by atoms with Crippen LogP contribution in [0.2, 0.25) is 5.02 Å². The molecule has 0 spiro atoms. The number of terminal acetylenes is 1. The molecule has 0 amide bonds. The van der Waals surface area contributed by atoms with Crippen molar-refractivity contribution in [3.8, 4) is 12.3 Å². The predicted molar refractivity (Wildman–Crippen MR) is 92.8 cm³/mol. The van der Waals surface area contributed by atoms with E-state index in [0.29, 0.717) is 15.2 Å². The van der Waals surface area contributed by atoms with E-state index >= 15 is 0 Å². The van der Waals surface area contributed by atoms with Gasteiger partial charge in [0.2, 0.25) is 4.80 Å². The van der Waals surface area contributed by atoms with Crippen LogP contribution in [0.5, 0.6) is 0 Å². The van der Waals surface area contributed by atoms with Crippen molar-refractivity contribution in [2.45, 2.75) is 11.4 Å². The minimum atomic E-state index is -3.94. The van der Waals surface area contributed by atoms with Gasteiger partial charge in [0.05, 0.1) is 21.7 Å². The zero-order valence-electron chi connectivity index (χ0n) is 12.1. The van der Waals surface area contributed by atoms with E-state index in [2.05, 4.69) is 10.3 Å². The van der Waals surface area contributed by atoms with Crippen molar-refractivity contribution in [2.24, 2.45) is 4.40 Å². The van der Waals surface area contributed by atoms with E-state index in [-0.39, 0.29) is 16.2 Å². The van der Waals surface area contributed by atoms with Crippen molar-refractivity contribution in [1.82, 2.24) is 4.57 Å². The molecule has 0 N–H and O–H groups in total. The molecule has 0 atom stereocenters. The van der Waals surface area contributed by atoms with E-state index in [1.165, 1.54) is 36.4 Å². The van der Waals surface area contributed by atoms with Crippen LogP contribution >= 0.6 is 22.9 Å². The summed E-state index contributed by atoms with van der Waals surface area (Å²) in [5.74, 6) is 2.04. The number of thiazole rings is 1. The summed E-state index contributed by atoms with van der Waals surface area (Å²) in [4.78, 5) is 0.200. The van der Waals surface area contributed by atoms with Crippen LogP contribution in [-0.2, 0) is 16.6 Å². The van der Waals surface area contributed by atoms with Crippen LogP contribution in [-0.4, -0.2) is 13.0 Å². The molecule has 122 valence electrons. The fourth-order valence-electron chi connectivity index (χ4n) is 2.12. The first-order valence-corrected chi connectivity index (χ1v) is 9.33. The van der Waals surface area contributed by atoms with Gasteiger partial charge in [-0.2, -0.15) is 8.42 Å². The molecule has 0 fully saturated rings. The lowest BCUT2D eigenvalue weighted by Crippen LogP contribution is -2.16. The van der Waals surface area contributed by atoms with Gasteiger partial charge in [-0.05, 0) is 42.5 Å². The molecule has 1 heterocycles. The van der Waals surface area contributed by atoms with Crippen LogP contribution in [0.4, 0.5) is 4.39 Å². The third-order valence-corrected chi connectivity index (χ3v) is 5.89. The van der Waals surface area contributed by atoms with E-state index in [0.717, 1.165) is 11.3 Å². The largest absolute Gasteiger partial charge is 0.304 e. The number of nitrogens with zero attached hydrogens (tertiary/aromatic N) is 2. The fraction of sp³-hybridized carbons (Fsp3) is 0.0625. The summed E-state index contributed by atoms with van der Waals surface area (Å²) in [5.41, 5.74) is 0.629. The summed E-state index contributed by atoms with van der Waals surface area (Å²) in [6.07, 6.45) is 5.36. The number of hydrogen-bond acceptors (Lipinski definition) is 3. The molecule has 0 radical (unpaired) electrons. The Kier molecular flexibility index (Phi) is 4.45. The summed E-state index contributed by atoms with van der Waals surface area (Å²) in [7, 11) is -3.94. The average Bonchev–Trinajstić information content (AvgIpc) is 2.84. The van der Waals surface area contributed by atoms with Crippen LogP contribution in [0.1, 0.15) is 0 Å². The molecule has 24 heavy (non-hydrogen) atoms. The Hall–Kier alpha value is -2.14. The van der Waals surface area contributed by atoms with Gasteiger partial charge in [0.15, 0.2) is 0 Å². The highest BCUT2D eigenvalue weighted by Crippen LogP contribution is 2.20. The Morgan fingerprint density at radius 1 is 1.25 bits per heavy atom. The number of rotatable bonds is 3. The maximum absolute atomic E-state index is 13.4. The zero-order chi connectivity index (χ0) is 17.3. The number of benzene rings is 2. The number of aromatic nitrogens is 1. The molecule has 0 saturated heterocycles. The molecular formula is C16H10ClFN2O2S2. The number of fused-ring (bicyclic) bond motifs is 1. The zero-order valence-corrected chi connectivity index (χ0v) is 14.5. The van der Waals surface area contributed by atoms with Crippen molar-refractivity contribution in [1.29, 1.82) is 0 Å². The number of hydrogen-bond donors (Lipinski definition) is 0. The van der Waals surface area contributed by atoms with Crippen LogP contribution in [0, 0.1) is 18.2 Å².